The number of hydrogen-bond donors (Lipinski definition) is 1. The van der Waals surface area contributed by atoms with Crippen LogP contribution in [0.1, 0.15) is 36.1 Å². The summed E-state index contributed by atoms with van der Waals surface area (Å²) in [5.74, 6) is -1.33. The van der Waals surface area contributed by atoms with E-state index in [1.165, 1.54) is 6.08 Å². The summed E-state index contributed by atoms with van der Waals surface area (Å²) in [4.78, 5) is 23.3. The number of esters is 1. The van der Waals surface area contributed by atoms with E-state index in [4.69, 9.17) is 4.74 Å². The van der Waals surface area contributed by atoms with Crippen LogP contribution in [0.3, 0.4) is 0 Å². The van der Waals surface area contributed by atoms with Crippen LogP contribution >= 0.6 is 0 Å². The molecule has 130 valence electrons. The van der Waals surface area contributed by atoms with Crippen LogP contribution in [0.5, 0.6) is 0 Å². The van der Waals surface area contributed by atoms with Gasteiger partial charge in [-0.2, -0.15) is 0 Å². The Morgan fingerprint density at radius 2 is 1.80 bits per heavy atom. The Morgan fingerprint density at radius 3 is 2.44 bits per heavy atom. The van der Waals surface area contributed by atoms with E-state index in [-0.39, 0.29) is 6.61 Å². The fourth-order valence-electron chi connectivity index (χ4n) is 2.33. The Bertz CT molecular complexity index is 789. The molecule has 25 heavy (non-hydrogen) atoms. The molecule has 4 nitrogen and oxygen atoms in total. The van der Waals surface area contributed by atoms with Gasteiger partial charge in [-0.25, -0.2) is 4.79 Å². The van der Waals surface area contributed by atoms with Crippen LogP contribution < -0.4 is 0 Å². The monoisotopic (exact) mass is 338 g/mol. The van der Waals surface area contributed by atoms with Crippen molar-refractivity contribution in [2.45, 2.75) is 32.8 Å². The molecule has 2 aromatic rings. The average molecular weight is 338 g/mol. The molecule has 0 fully saturated rings. The summed E-state index contributed by atoms with van der Waals surface area (Å²) in [6.45, 7) is 5.43. The van der Waals surface area contributed by atoms with Crippen molar-refractivity contribution >= 4 is 18.0 Å². The molecular weight excluding hydrogens is 316 g/mol. The number of aryl methyl sites for hydroxylation is 1. The Kier molecular flexibility index (Phi) is 5.75. The van der Waals surface area contributed by atoms with Gasteiger partial charge in [-0.05, 0) is 43.5 Å². The molecule has 0 unspecified atom stereocenters. The maximum Gasteiger partial charge on any atom is 0.331 e. The minimum atomic E-state index is -0.998. The predicted octanol–water partition coefficient (Wildman–Crippen LogP) is 4.11. The lowest BCUT2D eigenvalue weighted by atomic mass is 9.83. The summed E-state index contributed by atoms with van der Waals surface area (Å²) in [6.07, 6.45) is 3.00. The lowest BCUT2D eigenvalue weighted by molar-refractivity contribution is -0.142. The van der Waals surface area contributed by atoms with E-state index in [0.29, 0.717) is 5.56 Å². The van der Waals surface area contributed by atoms with E-state index in [0.717, 1.165) is 16.7 Å². The first kappa shape index (κ1) is 18.5. The molecule has 0 atom stereocenters. The molecule has 0 saturated carbocycles. The number of hydrogen-bond acceptors (Lipinski definition) is 3. The van der Waals surface area contributed by atoms with Gasteiger partial charge in [0, 0.05) is 6.08 Å². The van der Waals surface area contributed by atoms with Crippen LogP contribution in [0.25, 0.3) is 6.08 Å². The molecule has 0 aliphatic rings. The van der Waals surface area contributed by atoms with Gasteiger partial charge in [-0.15, -0.1) is 0 Å². The highest BCUT2D eigenvalue weighted by atomic mass is 16.5. The minimum absolute atomic E-state index is 0.217. The first-order valence-electron chi connectivity index (χ1n) is 8.03. The lowest BCUT2D eigenvalue weighted by Crippen LogP contribution is -2.28. The third kappa shape index (κ3) is 5.05. The number of carboxylic acids is 1. The fraction of sp³-hybridized carbons (Fsp3) is 0.238. The maximum atomic E-state index is 11.9. The SMILES string of the molecule is Cc1cc(C=CC(=O)OCc2ccccc2)cc(C(C)(C)C(=O)O)c1. The summed E-state index contributed by atoms with van der Waals surface area (Å²) in [5, 5.41) is 9.38. The first-order chi connectivity index (χ1) is 11.8. The third-order valence-corrected chi connectivity index (χ3v) is 3.99. The minimum Gasteiger partial charge on any atom is -0.481 e. The van der Waals surface area contributed by atoms with E-state index in [1.807, 2.05) is 49.4 Å². The van der Waals surface area contributed by atoms with Crippen molar-refractivity contribution in [2.75, 3.05) is 0 Å². The highest BCUT2D eigenvalue weighted by Gasteiger charge is 2.29. The molecule has 0 bridgehead atoms. The van der Waals surface area contributed by atoms with Crippen molar-refractivity contribution in [3.05, 3.63) is 76.9 Å². The van der Waals surface area contributed by atoms with Crippen LogP contribution in [0.2, 0.25) is 0 Å². The predicted molar refractivity (Wildman–Crippen MR) is 97.1 cm³/mol. The van der Waals surface area contributed by atoms with Gasteiger partial charge in [0.2, 0.25) is 0 Å². The fourth-order valence-corrected chi connectivity index (χ4v) is 2.33. The third-order valence-electron chi connectivity index (χ3n) is 3.99. The van der Waals surface area contributed by atoms with Crippen molar-refractivity contribution < 1.29 is 19.4 Å². The number of ether oxygens (including phenoxy) is 1. The molecule has 2 rings (SSSR count). The topological polar surface area (TPSA) is 63.6 Å². The van der Waals surface area contributed by atoms with Crippen molar-refractivity contribution in [1.82, 2.24) is 0 Å². The van der Waals surface area contributed by atoms with E-state index in [9.17, 15) is 14.7 Å². The van der Waals surface area contributed by atoms with E-state index in [1.54, 1.807) is 26.0 Å². The number of rotatable bonds is 6. The number of benzene rings is 2. The standard InChI is InChI=1S/C21H22O4/c1-15-11-17(13-18(12-15)21(2,3)20(23)24)9-10-19(22)25-14-16-7-5-4-6-8-16/h4-13H,14H2,1-3H3,(H,23,24). The molecule has 0 heterocycles. The Hall–Kier alpha value is -2.88. The van der Waals surface area contributed by atoms with E-state index < -0.39 is 17.4 Å². The van der Waals surface area contributed by atoms with Crippen LogP contribution in [0, 0.1) is 6.92 Å². The zero-order valence-electron chi connectivity index (χ0n) is 14.7. The molecule has 0 amide bonds. The maximum absolute atomic E-state index is 11.9. The number of carbonyl (C=O) groups excluding carboxylic acids is 1. The zero-order chi connectivity index (χ0) is 18.4. The van der Waals surface area contributed by atoms with Crippen LogP contribution in [0.15, 0.2) is 54.6 Å². The molecule has 0 aromatic heterocycles. The molecule has 4 heteroatoms. The average Bonchev–Trinajstić information content (AvgIpc) is 2.58. The van der Waals surface area contributed by atoms with Crippen LogP contribution in [-0.2, 0) is 26.3 Å². The molecule has 0 spiro atoms. The van der Waals surface area contributed by atoms with E-state index in [2.05, 4.69) is 0 Å². The van der Waals surface area contributed by atoms with Gasteiger partial charge in [0.05, 0.1) is 5.41 Å². The highest BCUT2D eigenvalue weighted by Crippen LogP contribution is 2.26. The summed E-state index contributed by atoms with van der Waals surface area (Å²) < 4.78 is 5.20. The normalized spacial score (nSPS) is 11.5. The van der Waals surface area contributed by atoms with Crippen LogP contribution in [0.4, 0.5) is 0 Å². The number of carbonyl (C=O) groups is 2. The number of carboxylic acid groups (broad SMARTS) is 1. The molecule has 1 N–H and O–H groups in total. The summed E-state index contributed by atoms with van der Waals surface area (Å²) in [6, 6.07) is 15.0. The molecule has 0 aliphatic heterocycles. The van der Waals surface area contributed by atoms with Gasteiger partial charge in [0.25, 0.3) is 0 Å². The second-order valence-corrected chi connectivity index (χ2v) is 6.49. The zero-order valence-corrected chi connectivity index (χ0v) is 14.7. The van der Waals surface area contributed by atoms with Crippen molar-refractivity contribution in [1.29, 1.82) is 0 Å². The summed E-state index contributed by atoms with van der Waals surface area (Å²) >= 11 is 0. The lowest BCUT2D eigenvalue weighted by Gasteiger charge is -2.20. The van der Waals surface area contributed by atoms with Crippen molar-refractivity contribution in [2.24, 2.45) is 0 Å². The molecule has 2 aromatic carbocycles. The van der Waals surface area contributed by atoms with Gasteiger partial charge in [-0.3, -0.25) is 4.79 Å². The Morgan fingerprint density at radius 1 is 1.12 bits per heavy atom. The highest BCUT2D eigenvalue weighted by molar-refractivity contribution is 5.87. The van der Waals surface area contributed by atoms with Gasteiger partial charge in [-0.1, -0.05) is 54.1 Å². The van der Waals surface area contributed by atoms with Gasteiger partial charge < -0.3 is 9.84 Å². The second-order valence-electron chi connectivity index (χ2n) is 6.49. The van der Waals surface area contributed by atoms with E-state index >= 15 is 0 Å². The number of aliphatic carboxylic acids is 1. The quantitative estimate of drug-likeness (QED) is 0.636. The molecule has 0 radical (unpaired) electrons. The van der Waals surface area contributed by atoms with Gasteiger partial charge >= 0.3 is 11.9 Å². The summed E-state index contributed by atoms with van der Waals surface area (Å²) in [7, 11) is 0. The smallest absolute Gasteiger partial charge is 0.331 e. The second kappa shape index (κ2) is 7.79. The first-order valence-corrected chi connectivity index (χ1v) is 8.03. The summed E-state index contributed by atoms with van der Waals surface area (Å²) in [5.41, 5.74) is 2.32. The molecule has 0 aliphatic carbocycles. The Labute approximate surface area is 147 Å². The Balaban J connectivity index is 2.09. The van der Waals surface area contributed by atoms with Crippen molar-refractivity contribution in [3.63, 3.8) is 0 Å². The van der Waals surface area contributed by atoms with Crippen molar-refractivity contribution in [3.8, 4) is 0 Å². The van der Waals surface area contributed by atoms with Crippen LogP contribution in [-0.4, -0.2) is 17.0 Å². The molecule has 0 saturated heterocycles. The molecular formula is C21H22O4. The van der Waals surface area contributed by atoms with Gasteiger partial charge in [0.1, 0.15) is 6.61 Å². The van der Waals surface area contributed by atoms with Gasteiger partial charge in [0.15, 0.2) is 0 Å². The largest absolute Gasteiger partial charge is 0.481 e.